The van der Waals surface area contributed by atoms with E-state index in [1.54, 1.807) is 24.3 Å². The first-order valence-corrected chi connectivity index (χ1v) is 8.23. The van der Waals surface area contributed by atoms with E-state index >= 15 is 0 Å². The van der Waals surface area contributed by atoms with E-state index in [9.17, 15) is 9.59 Å². The second-order valence-corrected chi connectivity index (χ2v) is 5.94. The van der Waals surface area contributed by atoms with Crippen molar-refractivity contribution in [2.45, 2.75) is 20.8 Å². The molecule has 0 saturated carbocycles. The molecular formula is C19H20ClNO4. The summed E-state index contributed by atoms with van der Waals surface area (Å²) in [7, 11) is 0. The summed E-state index contributed by atoms with van der Waals surface area (Å²) >= 11 is 6.19. The van der Waals surface area contributed by atoms with Gasteiger partial charge >= 0.3 is 0 Å². The zero-order chi connectivity index (χ0) is 18.4. The van der Waals surface area contributed by atoms with Crippen molar-refractivity contribution in [3.63, 3.8) is 0 Å². The predicted octanol–water partition coefficient (Wildman–Crippen LogP) is 4.19. The minimum atomic E-state index is -0.337. The quantitative estimate of drug-likeness (QED) is 0.751. The van der Waals surface area contributed by atoms with Crippen LogP contribution in [0.25, 0.3) is 0 Å². The second kappa shape index (κ2) is 8.53. The van der Waals surface area contributed by atoms with Gasteiger partial charge in [0, 0.05) is 5.56 Å². The number of rotatable bonds is 7. The molecule has 2 rings (SSSR count). The van der Waals surface area contributed by atoms with Crippen LogP contribution in [0, 0.1) is 13.8 Å². The molecule has 0 bridgehead atoms. The SMILES string of the molecule is CCOc1cc(C=O)ccc1OCC(=O)Nc1c(C)cc(C)cc1Cl. The number of nitrogens with one attached hydrogen (secondary N) is 1. The third-order valence-electron chi connectivity index (χ3n) is 3.46. The molecule has 132 valence electrons. The maximum Gasteiger partial charge on any atom is 0.262 e. The summed E-state index contributed by atoms with van der Waals surface area (Å²) in [6, 6.07) is 8.50. The van der Waals surface area contributed by atoms with Gasteiger partial charge in [0.1, 0.15) is 6.29 Å². The van der Waals surface area contributed by atoms with Gasteiger partial charge in [0.15, 0.2) is 18.1 Å². The molecule has 0 aromatic heterocycles. The number of halogens is 1. The number of carbonyl (C=O) groups is 2. The number of anilines is 1. The van der Waals surface area contributed by atoms with Crippen molar-refractivity contribution in [3.8, 4) is 11.5 Å². The van der Waals surface area contributed by atoms with Gasteiger partial charge in [-0.05, 0) is 56.2 Å². The smallest absolute Gasteiger partial charge is 0.262 e. The summed E-state index contributed by atoms with van der Waals surface area (Å²) in [6.45, 7) is 5.85. The Morgan fingerprint density at radius 1 is 1.16 bits per heavy atom. The molecule has 2 aromatic carbocycles. The number of benzene rings is 2. The molecule has 0 atom stereocenters. The molecule has 0 aliphatic carbocycles. The summed E-state index contributed by atoms with van der Waals surface area (Å²) in [4.78, 5) is 23.0. The van der Waals surface area contributed by atoms with Gasteiger partial charge in [0.05, 0.1) is 17.3 Å². The van der Waals surface area contributed by atoms with Crippen molar-refractivity contribution in [2.75, 3.05) is 18.5 Å². The van der Waals surface area contributed by atoms with Gasteiger partial charge in [-0.15, -0.1) is 0 Å². The molecule has 0 heterocycles. The molecule has 0 saturated heterocycles. The maximum absolute atomic E-state index is 12.2. The molecule has 25 heavy (non-hydrogen) atoms. The lowest BCUT2D eigenvalue weighted by Gasteiger charge is -2.14. The first-order valence-electron chi connectivity index (χ1n) is 7.86. The zero-order valence-corrected chi connectivity index (χ0v) is 15.1. The van der Waals surface area contributed by atoms with Gasteiger partial charge in [0.25, 0.3) is 5.91 Å². The molecule has 0 aliphatic rings. The average Bonchev–Trinajstić information content (AvgIpc) is 2.57. The minimum absolute atomic E-state index is 0.204. The van der Waals surface area contributed by atoms with Gasteiger partial charge in [-0.2, -0.15) is 0 Å². The van der Waals surface area contributed by atoms with E-state index in [0.717, 1.165) is 17.4 Å². The van der Waals surface area contributed by atoms with Crippen molar-refractivity contribution >= 4 is 29.5 Å². The number of carbonyl (C=O) groups excluding carboxylic acids is 2. The van der Waals surface area contributed by atoms with Gasteiger partial charge in [0.2, 0.25) is 0 Å². The highest BCUT2D eigenvalue weighted by atomic mass is 35.5. The summed E-state index contributed by atoms with van der Waals surface area (Å²) < 4.78 is 11.0. The Hall–Kier alpha value is -2.53. The van der Waals surface area contributed by atoms with Crippen LogP contribution in [0.3, 0.4) is 0 Å². The Balaban J connectivity index is 2.06. The number of ether oxygens (including phenoxy) is 2. The first kappa shape index (κ1) is 18.8. The van der Waals surface area contributed by atoms with E-state index < -0.39 is 0 Å². The fourth-order valence-electron chi connectivity index (χ4n) is 2.38. The Bertz CT molecular complexity index is 766. The molecule has 2 aromatic rings. The Morgan fingerprint density at radius 2 is 1.92 bits per heavy atom. The highest BCUT2D eigenvalue weighted by Crippen LogP contribution is 2.29. The third kappa shape index (κ3) is 4.97. The molecule has 0 unspecified atom stereocenters. The summed E-state index contributed by atoms with van der Waals surface area (Å²) in [5.41, 5.74) is 2.95. The number of aryl methyl sites for hydroxylation is 2. The van der Waals surface area contributed by atoms with Crippen molar-refractivity contribution in [1.29, 1.82) is 0 Å². The van der Waals surface area contributed by atoms with Gasteiger partial charge in [-0.25, -0.2) is 0 Å². The average molecular weight is 362 g/mol. The van der Waals surface area contributed by atoms with Crippen molar-refractivity contribution in [3.05, 3.63) is 52.0 Å². The Kier molecular flexibility index (Phi) is 6.42. The zero-order valence-electron chi connectivity index (χ0n) is 14.4. The van der Waals surface area contributed by atoms with E-state index in [1.807, 2.05) is 26.8 Å². The molecule has 0 radical (unpaired) electrons. The number of amides is 1. The number of aldehydes is 1. The first-order chi connectivity index (χ1) is 11.9. The number of hydrogen-bond acceptors (Lipinski definition) is 4. The standard InChI is InChI=1S/C19H20ClNO4/c1-4-24-17-9-14(10-22)5-6-16(17)25-11-18(23)21-19-13(3)7-12(2)8-15(19)20/h5-10H,4,11H2,1-3H3,(H,21,23). The van der Waals surface area contributed by atoms with E-state index in [1.165, 1.54) is 0 Å². The normalized spacial score (nSPS) is 10.2. The highest BCUT2D eigenvalue weighted by Gasteiger charge is 2.12. The van der Waals surface area contributed by atoms with E-state index in [2.05, 4.69) is 5.32 Å². The molecule has 1 amide bonds. The third-order valence-corrected chi connectivity index (χ3v) is 3.76. The lowest BCUT2D eigenvalue weighted by molar-refractivity contribution is -0.118. The van der Waals surface area contributed by atoms with Crippen molar-refractivity contribution in [2.24, 2.45) is 0 Å². The number of hydrogen-bond donors (Lipinski definition) is 1. The van der Waals surface area contributed by atoms with Crippen LogP contribution in [-0.4, -0.2) is 25.4 Å². The van der Waals surface area contributed by atoms with E-state index in [4.69, 9.17) is 21.1 Å². The Labute approximate surface area is 151 Å². The van der Waals surface area contributed by atoms with E-state index in [0.29, 0.717) is 34.4 Å². The van der Waals surface area contributed by atoms with Gasteiger partial charge in [-0.1, -0.05) is 17.7 Å². The van der Waals surface area contributed by atoms with Crippen LogP contribution in [0.5, 0.6) is 11.5 Å². The Morgan fingerprint density at radius 3 is 2.56 bits per heavy atom. The van der Waals surface area contributed by atoms with Crippen LogP contribution in [0.4, 0.5) is 5.69 Å². The summed E-state index contributed by atoms with van der Waals surface area (Å²) in [6.07, 6.45) is 0.723. The monoisotopic (exact) mass is 361 g/mol. The van der Waals surface area contributed by atoms with E-state index in [-0.39, 0.29) is 12.5 Å². The summed E-state index contributed by atoms with van der Waals surface area (Å²) in [5.74, 6) is 0.481. The van der Waals surface area contributed by atoms with Crippen LogP contribution >= 0.6 is 11.6 Å². The molecule has 1 N–H and O–H groups in total. The van der Waals surface area contributed by atoms with Crippen LogP contribution < -0.4 is 14.8 Å². The van der Waals surface area contributed by atoms with Crippen LogP contribution in [0.1, 0.15) is 28.4 Å². The molecular weight excluding hydrogens is 342 g/mol. The molecule has 0 spiro atoms. The van der Waals surface area contributed by atoms with Crippen molar-refractivity contribution < 1.29 is 19.1 Å². The second-order valence-electron chi connectivity index (χ2n) is 5.53. The molecule has 0 fully saturated rings. The topological polar surface area (TPSA) is 64.6 Å². The fraction of sp³-hybridized carbons (Fsp3) is 0.263. The molecule has 0 aliphatic heterocycles. The molecule has 6 heteroatoms. The fourth-order valence-corrected chi connectivity index (χ4v) is 2.75. The summed E-state index contributed by atoms with van der Waals surface area (Å²) in [5, 5.41) is 3.24. The largest absolute Gasteiger partial charge is 0.490 e. The van der Waals surface area contributed by atoms with Gasteiger partial charge < -0.3 is 14.8 Å². The minimum Gasteiger partial charge on any atom is -0.490 e. The highest BCUT2D eigenvalue weighted by molar-refractivity contribution is 6.34. The van der Waals surface area contributed by atoms with Crippen LogP contribution in [-0.2, 0) is 4.79 Å². The molecule has 5 nitrogen and oxygen atoms in total. The van der Waals surface area contributed by atoms with Crippen LogP contribution in [0.2, 0.25) is 5.02 Å². The predicted molar refractivity (Wildman–Crippen MR) is 98.0 cm³/mol. The maximum atomic E-state index is 12.2. The van der Waals surface area contributed by atoms with Crippen molar-refractivity contribution in [1.82, 2.24) is 0 Å². The van der Waals surface area contributed by atoms with Crippen LogP contribution in [0.15, 0.2) is 30.3 Å². The lowest BCUT2D eigenvalue weighted by Crippen LogP contribution is -2.21. The lowest BCUT2D eigenvalue weighted by atomic mass is 10.1. The van der Waals surface area contributed by atoms with Gasteiger partial charge in [-0.3, -0.25) is 9.59 Å².